The summed E-state index contributed by atoms with van der Waals surface area (Å²) in [6, 6.07) is 0. The van der Waals surface area contributed by atoms with Crippen LogP contribution < -0.4 is 0 Å². The van der Waals surface area contributed by atoms with Crippen molar-refractivity contribution < 1.29 is 9.59 Å². The molecule has 4 atom stereocenters. The Bertz CT molecular complexity index is 458. The maximum Gasteiger partial charge on any atom is 0.227 e. The molecule has 4 heteroatoms. The quantitative estimate of drug-likeness (QED) is 0.785. The van der Waals surface area contributed by atoms with E-state index < -0.39 is 0 Å². The zero-order valence-corrected chi connectivity index (χ0v) is 13.5. The lowest BCUT2D eigenvalue weighted by Crippen LogP contribution is -2.48. The molecule has 4 nitrogen and oxygen atoms in total. The summed E-state index contributed by atoms with van der Waals surface area (Å²) in [5.41, 5.74) is 0. The highest BCUT2D eigenvalue weighted by atomic mass is 16.2. The first-order valence-corrected chi connectivity index (χ1v) is 9.30. The molecule has 0 aromatic heterocycles. The van der Waals surface area contributed by atoms with Gasteiger partial charge in [0.2, 0.25) is 11.8 Å². The number of carbonyl (C=O) groups is 2. The molecule has 2 amide bonds. The van der Waals surface area contributed by atoms with Crippen LogP contribution in [-0.4, -0.2) is 47.8 Å². The highest BCUT2D eigenvalue weighted by Gasteiger charge is 2.45. The number of nitrogens with zero attached hydrogens (tertiary/aromatic N) is 2. The van der Waals surface area contributed by atoms with Gasteiger partial charge in [0.05, 0.1) is 5.92 Å². The van der Waals surface area contributed by atoms with Crippen LogP contribution in [-0.2, 0) is 9.59 Å². The molecule has 0 N–H and O–H groups in total. The fourth-order valence-electron chi connectivity index (χ4n) is 5.36. The first kappa shape index (κ1) is 14.5. The van der Waals surface area contributed by atoms with Gasteiger partial charge in [-0.15, -0.1) is 0 Å². The van der Waals surface area contributed by atoms with Crippen molar-refractivity contribution in [3.05, 3.63) is 0 Å². The third-order valence-corrected chi connectivity index (χ3v) is 6.56. The van der Waals surface area contributed by atoms with Crippen molar-refractivity contribution in [3.8, 4) is 0 Å². The van der Waals surface area contributed by atoms with Crippen LogP contribution >= 0.6 is 0 Å². The Kier molecular flexibility index (Phi) is 3.87. The highest BCUT2D eigenvalue weighted by molar-refractivity contribution is 5.83. The lowest BCUT2D eigenvalue weighted by atomic mass is 9.86. The fourth-order valence-corrected chi connectivity index (χ4v) is 5.36. The third kappa shape index (κ3) is 2.55. The van der Waals surface area contributed by atoms with E-state index in [2.05, 4.69) is 0 Å². The summed E-state index contributed by atoms with van der Waals surface area (Å²) in [5, 5.41) is 0. The van der Waals surface area contributed by atoms with Gasteiger partial charge in [-0.05, 0) is 56.8 Å². The second-order valence-electron chi connectivity index (χ2n) is 7.94. The topological polar surface area (TPSA) is 40.6 Å². The van der Waals surface area contributed by atoms with E-state index in [1.54, 1.807) is 0 Å². The molecule has 0 aromatic carbocycles. The average molecular weight is 304 g/mol. The Morgan fingerprint density at radius 2 is 1.55 bits per heavy atom. The van der Waals surface area contributed by atoms with Crippen molar-refractivity contribution in [1.29, 1.82) is 0 Å². The Morgan fingerprint density at radius 3 is 2.23 bits per heavy atom. The molecular weight excluding hydrogens is 276 g/mol. The molecule has 2 saturated carbocycles. The van der Waals surface area contributed by atoms with Crippen molar-refractivity contribution in [3.63, 3.8) is 0 Å². The molecule has 0 unspecified atom stereocenters. The first-order chi connectivity index (χ1) is 10.7. The molecule has 2 bridgehead atoms. The zero-order chi connectivity index (χ0) is 15.1. The maximum atomic E-state index is 12.9. The number of likely N-dealkylation sites (tertiary alicyclic amines) is 2. The van der Waals surface area contributed by atoms with Crippen LogP contribution in [0.2, 0.25) is 0 Å². The molecule has 122 valence electrons. The van der Waals surface area contributed by atoms with Crippen molar-refractivity contribution in [2.75, 3.05) is 26.2 Å². The molecule has 4 rings (SSSR count). The summed E-state index contributed by atoms with van der Waals surface area (Å²) in [5.74, 6) is 2.47. The molecule has 2 heterocycles. The third-order valence-electron chi connectivity index (χ3n) is 6.56. The molecule has 0 spiro atoms. The number of hydrogen-bond donors (Lipinski definition) is 0. The van der Waals surface area contributed by atoms with Crippen LogP contribution in [0.25, 0.3) is 0 Å². The van der Waals surface area contributed by atoms with Crippen molar-refractivity contribution in [1.82, 2.24) is 9.80 Å². The molecule has 2 aliphatic carbocycles. The van der Waals surface area contributed by atoms with Crippen LogP contribution in [0.3, 0.4) is 0 Å². The van der Waals surface area contributed by atoms with E-state index in [4.69, 9.17) is 0 Å². The van der Waals surface area contributed by atoms with E-state index in [1.165, 1.54) is 19.3 Å². The number of carbonyl (C=O) groups excluding carboxylic acids is 2. The number of amides is 2. The van der Waals surface area contributed by atoms with Gasteiger partial charge in [0.25, 0.3) is 0 Å². The van der Waals surface area contributed by atoms with Crippen LogP contribution in [0, 0.1) is 23.7 Å². The average Bonchev–Trinajstić information content (AvgIpc) is 3.30. The van der Waals surface area contributed by atoms with Gasteiger partial charge >= 0.3 is 0 Å². The molecular formula is C18H28N2O2. The lowest BCUT2D eigenvalue weighted by molar-refractivity contribution is -0.143. The minimum Gasteiger partial charge on any atom is -0.342 e. The zero-order valence-electron chi connectivity index (χ0n) is 13.5. The fraction of sp³-hybridized carbons (Fsp3) is 0.889. The normalized spacial score (nSPS) is 37.8. The van der Waals surface area contributed by atoms with E-state index in [0.29, 0.717) is 24.3 Å². The van der Waals surface area contributed by atoms with Crippen LogP contribution in [0.4, 0.5) is 0 Å². The van der Waals surface area contributed by atoms with E-state index in [9.17, 15) is 9.59 Å². The number of hydrogen-bond acceptors (Lipinski definition) is 2. The van der Waals surface area contributed by atoms with Crippen LogP contribution in [0.1, 0.15) is 51.4 Å². The summed E-state index contributed by atoms with van der Waals surface area (Å²) in [4.78, 5) is 29.5. The van der Waals surface area contributed by atoms with Gasteiger partial charge in [-0.1, -0.05) is 6.42 Å². The molecule has 2 aliphatic heterocycles. The molecule has 0 radical (unpaired) electrons. The Balaban J connectivity index is 1.38. The lowest BCUT2D eigenvalue weighted by Gasteiger charge is -2.36. The van der Waals surface area contributed by atoms with Gasteiger partial charge < -0.3 is 9.80 Å². The molecule has 22 heavy (non-hydrogen) atoms. The number of fused-ring (bicyclic) bond motifs is 2. The monoisotopic (exact) mass is 304 g/mol. The molecule has 0 aromatic rings. The van der Waals surface area contributed by atoms with Crippen molar-refractivity contribution >= 4 is 11.8 Å². The molecule has 4 aliphatic rings. The predicted octanol–water partition coefficient (Wildman–Crippen LogP) is 2.28. The summed E-state index contributed by atoms with van der Waals surface area (Å²) in [6.45, 7) is 3.41. The Labute approximate surface area is 133 Å². The van der Waals surface area contributed by atoms with E-state index in [-0.39, 0.29) is 11.8 Å². The first-order valence-electron chi connectivity index (χ1n) is 9.30. The van der Waals surface area contributed by atoms with Crippen molar-refractivity contribution in [2.45, 2.75) is 51.4 Å². The minimum absolute atomic E-state index is 0.0643. The largest absolute Gasteiger partial charge is 0.342 e. The van der Waals surface area contributed by atoms with Gasteiger partial charge in [0.15, 0.2) is 0 Å². The molecule has 2 saturated heterocycles. The number of rotatable bonds is 2. The van der Waals surface area contributed by atoms with E-state index in [0.717, 1.165) is 57.7 Å². The highest BCUT2D eigenvalue weighted by Crippen LogP contribution is 2.49. The second kappa shape index (κ2) is 5.86. The SMILES string of the molecule is O=C([C@H]1CCCN(C(=O)[C@H]2C[C@H]3CC[C@H]2C3)C1)N1CCCC1. The summed E-state index contributed by atoms with van der Waals surface area (Å²) in [7, 11) is 0. The molecule has 4 fully saturated rings. The predicted molar refractivity (Wildman–Crippen MR) is 84.1 cm³/mol. The Hall–Kier alpha value is -1.06. The van der Waals surface area contributed by atoms with Gasteiger partial charge in [-0.2, -0.15) is 0 Å². The minimum atomic E-state index is 0.0643. The van der Waals surface area contributed by atoms with Gasteiger partial charge in [0, 0.05) is 32.1 Å². The van der Waals surface area contributed by atoms with E-state index in [1.807, 2.05) is 9.80 Å². The second-order valence-corrected chi connectivity index (χ2v) is 7.94. The summed E-state index contributed by atoms with van der Waals surface area (Å²) in [6.07, 6.45) is 9.24. The van der Waals surface area contributed by atoms with Gasteiger partial charge in [0.1, 0.15) is 0 Å². The number of piperidine rings is 1. The standard InChI is InChI=1S/C18H28N2O2/c21-17(19-7-1-2-8-19)15-4-3-9-20(12-15)18(22)16-11-13-5-6-14(16)10-13/h13-16H,1-12H2/t13-,14-,15-,16-/m0/s1. The van der Waals surface area contributed by atoms with Crippen LogP contribution in [0.15, 0.2) is 0 Å². The van der Waals surface area contributed by atoms with Gasteiger partial charge in [-0.25, -0.2) is 0 Å². The van der Waals surface area contributed by atoms with Gasteiger partial charge in [-0.3, -0.25) is 9.59 Å². The van der Waals surface area contributed by atoms with Crippen LogP contribution in [0.5, 0.6) is 0 Å². The van der Waals surface area contributed by atoms with E-state index >= 15 is 0 Å². The van der Waals surface area contributed by atoms with Crippen molar-refractivity contribution in [2.24, 2.45) is 23.7 Å². The smallest absolute Gasteiger partial charge is 0.227 e. The summed E-state index contributed by atoms with van der Waals surface area (Å²) >= 11 is 0. The maximum absolute atomic E-state index is 12.9. The Morgan fingerprint density at radius 1 is 0.773 bits per heavy atom. The summed E-state index contributed by atoms with van der Waals surface area (Å²) < 4.78 is 0.